The lowest BCUT2D eigenvalue weighted by molar-refractivity contribution is -0.120. The van der Waals surface area contributed by atoms with Crippen molar-refractivity contribution in [2.24, 2.45) is 5.14 Å². The molecule has 0 saturated carbocycles. The number of nitrogens with one attached hydrogen (secondary N) is 2. The Morgan fingerprint density at radius 1 is 1.00 bits per heavy atom. The lowest BCUT2D eigenvalue weighted by atomic mass is 10.0. The van der Waals surface area contributed by atoms with Crippen LogP contribution in [0.2, 0.25) is 0 Å². The number of nitrogens with zero attached hydrogens (tertiary/aromatic N) is 1. The fraction of sp³-hybridized carbons (Fsp3) is 0.375. The molecule has 3 aromatic rings. The van der Waals surface area contributed by atoms with E-state index in [0.717, 1.165) is 22.5 Å². The second-order valence-corrected chi connectivity index (χ2v) is 14.1. The Labute approximate surface area is 225 Å². The van der Waals surface area contributed by atoms with Crippen molar-refractivity contribution in [3.63, 3.8) is 0 Å². The molecule has 11 nitrogen and oxygen atoms in total. The van der Waals surface area contributed by atoms with E-state index in [2.05, 4.69) is 15.6 Å². The van der Waals surface area contributed by atoms with Gasteiger partial charge in [-0.25, -0.2) is 27.0 Å². The molecule has 0 aliphatic carbocycles. The lowest BCUT2D eigenvalue weighted by Gasteiger charge is -2.17. The number of sulfonamides is 1. The zero-order valence-electron chi connectivity index (χ0n) is 21.1. The Kier molecular flexibility index (Phi) is 9.59. The summed E-state index contributed by atoms with van der Waals surface area (Å²) < 4.78 is 54.2. The summed E-state index contributed by atoms with van der Waals surface area (Å²) in [7, 11) is -6.25. The fourth-order valence-corrected chi connectivity index (χ4v) is 6.68. The molecular weight excluding hydrogens is 552 g/mol. The third-order valence-electron chi connectivity index (χ3n) is 5.61. The van der Waals surface area contributed by atoms with Crippen LogP contribution in [0.25, 0.3) is 21.3 Å². The molecule has 206 valence electrons. The molecule has 0 spiro atoms. The summed E-state index contributed by atoms with van der Waals surface area (Å²) in [5.41, 5.74) is 2.67. The third-order valence-corrected chi connectivity index (χ3v) is 10.0. The van der Waals surface area contributed by atoms with Crippen molar-refractivity contribution in [2.45, 2.75) is 24.3 Å². The highest BCUT2D eigenvalue weighted by atomic mass is 32.2. The van der Waals surface area contributed by atoms with E-state index in [0.29, 0.717) is 28.9 Å². The molecule has 0 radical (unpaired) electrons. The molecular formula is C24H30N4O7S3. The predicted molar refractivity (Wildman–Crippen MR) is 147 cm³/mol. The second kappa shape index (κ2) is 12.3. The van der Waals surface area contributed by atoms with Crippen molar-refractivity contribution in [3.05, 3.63) is 53.0 Å². The summed E-state index contributed by atoms with van der Waals surface area (Å²) in [6, 6.07) is 12.4. The Bertz CT molecular complexity index is 1520. The highest BCUT2D eigenvalue weighted by molar-refractivity contribution is 7.93. The standard InChI is InChI=1S/C24H30N4O7S3/c1-15(2)38(33,34)21(23(30)27-11-13-37(25,31)32)24-28-19-9-8-18(14-20(19)36-24)16-4-6-17(7-5-16)22(29)26-10-12-35-3/h4-9,14-15,21H,10-13H2,1-3H3,(H,26,29)(H,27,30)(H2,25,31,32). The van der Waals surface area contributed by atoms with Gasteiger partial charge in [0.25, 0.3) is 5.91 Å². The highest BCUT2D eigenvalue weighted by Crippen LogP contribution is 2.35. The number of sulfone groups is 1. The van der Waals surface area contributed by atoms with Crippen LogP contribution in [0, 0.1) is 0 Å². The predicted octanol–water partition coefficient (Wildman–Crippen LogP) is 1.61. The highest BCUT2D eigenvalue weighted by Gasteiger charge is 2.39. The fourth-order valence-electron chi connectivity index (χ4n) is 3.50. The van der Waals surface area contributed by atoms with E-state index in [-0.39, 0.29) is 17.5 Å². The molecule has 2 amide bonds. The number of methoxy groups -OCH3 is 1. The van der Waals surface area contributed by atoms with Crippen LogP contribution in [0.5, 0.6) is 0 Å². The van der Waals surface area contributed by atoms with Gasteiger partial charge in [-0.1, -0.05) is 18.2 Å². The molecule has 1 aromatic heterocycles. The van der Waals surface area contributed by atoms with E-state index in [9.17, 15) is 26.4 Å². The van der Waals surface area contributed by atoms with Crippen LogP contribution in [0.1, 0.15) is 34.5 Å². The van der Waals surface area contributed by atoms with Gasteiger partial charge in [0.1, 0.15) is 5.01 Å². The minimum Gasteiger partial charge on any atom is -0.383 e. The largest absolute Gasteiger partial charge is 0.383 e. The van der Waals surface area contributed by atoms with Gasteiger partial charge >= 0.3 is 0 Å². The molecule has 1 heterocycles. The maximum Gasteiger partial charge on any atom is 0.251 e. The van der Waals surface area contributed by atoms with Gasteiger partial charge in [-0.2, -0.15) is 0 Å². The average molecular weight is 583 g/mol. The van der Waals surface area contributed by atoms with Crippen molar-refractivity contribution in [2.75, 3.05) is 32.6 Å². The SMILES string of the molecule is COCCNC(=O)c1ccc(-c2ccc3nc(C(C(=O)NCCS(N)(=O)=O)S(=O)(=O)C(C)C)sc3c2)cc1. The number of aromatic nitrogens is 1. The summed E-state index contributed by atoms with van der Waals surface area (Å²) in [4.78, 5) is 29.6. The number of fused-ring (bicyclic) bond motifs is 1. The third kappa shape index (κ3) is 7.35. The van der Waals surface area contributed by atoms with Crippen LogP contribution in [0.3, 0.4) is 0 Å². The lowest BCUT2D eigenvalue weighted by Crippen LogP contribution is -2.39. The van der Waals surface area contributed by atoms with Crippen molar-refractivity contribution in [3.8, 4) is 11.1 Å². The summed E-state index contributed by atoms with van der Waals surface area (Å²) in [6.07, 6.45) is 0. The van der Waals surface area contributed by atoms with E-state index in [4.69, 9.17) is 9.88 Å². The maximum atomic E-state index is 13.1. The maximum absolute atomic E-state index is 13.1. The van der Waals surface area contributed by atoms with Gasteiger partial charge < -0.3 is 15.4 Å². The summed E-state index contributed by atoms with van der Waals surface area (Å²) in [6.45, 7) is 3.42. The van der Waals surface area contributed by atoms with Crippen molar-refractivity contribution in [1.82, 2.24) is 15.6 Å². The summed E-state index contributed by atoms with van der Waals surface area (Å²) in [5.74, 6) is -1.60. The van der Waals surface area contributed by atoms with Crippen LogP contribution >= 0.6 is 11.3 Å². The Hall–Kier alpha value is -2.91. The normalized spacial score (nSPS) is 13.0. The monoisotopic (exact) mass is 582 g/mol. The number of ether oxygens (including phenoxy) is 1. The number of benzene rings is 2. The number of hydrogen-bond donors (Lipinski definition) is 3. The number of primary sulfonamides is 1. The molecule has 0 fully saturated rings. The number of carbonyl (C=O) groups is 2. The molecule has 2 aromatic carbocycles. The Morgan fingerprint density at radius 3 is 2.26 bits per heavy atom. The van der Waals surface area contributed by atoms with Crippen molar-refractivity contribution < 1.29 is 31.2 Å². The van der Waals surface area contributed by atoms with Crippen molar-refractivity contribution >= 4 is 53.2 Å². The smallest absolute Gasteiger partial charge is 0.251 e. The number of carbonyl (C=O) groups excluding carboxylic acids is 2. The van der Waals surface area contributed by atoms with E-state index in [1.165, 1.54) is 13.8 Å². The quantitative estimate of drug-likeness (QED) is 0.270. The number of amides is 2. The zero-order valence-corrected chi connectivity index (χ0v) is 23.6. The van der Waals surface area contributed by atoms with Gasteiger partial charge in [0.2, 0.25) is 15.9 Å². The zero-order chi connectivity index (χ0) is 28.1. The average Bonchev–Trinajstić information content (AvgIpc) is 3.25. The molecule has 4 N–H and O–H groups in total. The molecule has 38 heavy (non-hydrogen) atoms. The summed E-state index contributed by atoms with van der Waals surface area (Å²) in [5, 5.41) is 7.71. The van der Waals surface area contributed by atoms with Crippen LogP contribution in [0.4, 0.5) is 0 Å². The van der Waals surface area contributed by atoms with E-state index in [1.54, 1.807) is 37.4 Å². The van der Waals surface area contributed by atoms with Gasteiger partial charge in [0.15, 0.2) is 15.1 Å². The number of thiazole rings is 1. The van der Waals surface area contributed by atoms with Crippen LogP contribution in [-0.4, -0.2) is 71.4 Å². The molecule has 0 aliphatic heterocycles. The second-order valence-electron chi connectivity index (χ2n) is 8.74. The number of nitrogens with two attached hydrogens (primary N) is 1. The number of rotatable bonds is 12. The van der Waals surface area contributed by atoms with Gasteiger partial charge in [0, 0.05) is 25.8 Å². The molecule has 3 rings (SSSR count). The first-order valence-electron chi connectivity index (χ1n) is 11.6. The van der Waals surface area contributed by atoms with E-state index >= 15 is 0 Å². The Morgan fingerprint density at radius 2 is 1.66 bits per heavy atom. The van der Waals surface area contributed by atoms with Crippen LogP contribution in [-0.2, 0) is 29.4 Å². The molecule has 14 heteroatoms. The molecule has 1 atom stereocenters. The Balaban J connectivity index is 1.89. The molecule has 0 saturated heterocycles. The summed E-state index contributed by atoms with van der Waals surface area (Å²) >= 11 is 1.08. The van der Waals surface area contributed by atoms with E-state index < -0.39 is 42.0 Å². The topological polar surface area (TPSA) is 175 Å². The van der Waals surface area contributed by atoms with E-state index in [1.807, 2.05) is 12.1 Å². The first-order chi connectivity index (χ1) is 17.8. The first-order valence-corrected chi connectivity index (χ1v) is 15.8. The molecule has 0 bridgehead atoms. The van der Waals surface area contributed by atoms with Crippen LogP contribution in [0.15, 0.2) is 42.5 Å². The first kappa shape index (κ1) is 29.6. The molecule has 0 aliphatic rings. The van der Waals surface area contributed by atoms with Gasteiger partial charge in [0.05, 0.1) is 27.8 Å². The van der Waals surface area contributed by atoms with Crippen molar-refractivity contribution in [1.29, 1.82) is 0 Å². The number of hydrogen-bond acceptors (Lipinski definition) is 9. The van der Waals surface area contributed by atoms with Gasteiger partial charge in [-0.15, -0.1) is 11.3 Å². The van der Waals surface area contributed by atoms with Crippen LogP contribution < -0.4 is 15.8 Å². The molecule has 1 unspecified atom stereocenters. The minimum atomic E-state index is -3.98. The van der Waals surface area contributed by atoms with Gasteiger partial charge in [-0.05, 0) is 49.2 Å². The minimum absolute atomic E-state index is 0.0852. The van der Waals surface area contributed by atoms with Gasteiger partial charge in [-0.3, -0.25) is 9.59 Å².